The highest BCUT2D eigenvalue weighted by molar-refractivity contribution is 8.08. The van der Waals surface area contributed by atoms with Crippen LogP contribution < -0.4 is 13.2 Å². The van der Waals surface area contributed by atoms with Crippen molar-refractivity contribution in [3.63, 3.8) is 0 Å². The maximum atomic E-state index is 12.0. The van der Waals surface area contributed by atoms with E-state index in [0.29, 0.717) is 3.71 Å². The van der Waals surface area contributed by atoms with Crippen LogP contribution in [0.3, 0.4) is 0 Å². The van der Waals surface area contributed by atoms with E-state index in [1.54, 1.807) is 18.2 Å². The summed E-state index contributed by atoms with van der Waals surface area (Å²) in [5.41, 5.74) is 0.0254. The van der Waals surface area contributed by atoms with E-state index in [1.165, 1.54) is 12.1 Å². The molecule has 0 fully saturated rings. The van der Waals surface area contributed by atoms with Crippen LogP contribution in [0.2, 0.25) is 0 Å². The van der Waals surface area contributed by atoms with E-state index in [9.17, 15) is 16.8 Å². The van der Waals surface area contributed by atoms with E-state index >= 15 is 0 Å². The molecule has 2 rings (SSSR count). The smallest absolute Gasteiger partial charge is 0.200 e. The van der Waals surface area contributed by atoms with Crippen LogP contribution in [0.4, 0.5) is 5.69 Å². The Kier molecular flexibility index (Phi) is 4.19. The van der Waals surface area contributed by atoms with Crippen molar-refractivity contribution >= 4 is 36.9 Å². The number of hydrogen-bond acceptors (Lipinski definition) is 4. The van der Waals surface area contributed by atoms with E-state index in [0.717, 1.165) is 24.9 Å². The molecule has 2 N–H and O–H groups in total. The summed E-state index contributed by atoms with van der Waals surface area (Å²) in [7, 11) is -6.14. The van der Waals surface area contributed by atoms with Crippen LogP contribution in [0.5, 0.6) is 0 Å². The van der Waals surface area contributed by atoms with Crippen molar-refractivity contribution in [3.8, 4) is 0 Å². The Hall–Kier alpha value is -1.68. The van der Waals surface area contributed by atoms with Gasteiger partial charge in [0, 0.05) is 14.1 Å². The van der Waals surface area contributed by atoms with Gasteiger partial charge in [0.2, 0.25) is 0 Å². The van der Waals surface area contributed by atoms with Crippen molar-refractivity contribution in [1.82, 2.24) is 9.44 Å². The molecule has 114 valence electrons. The van der Waals surface area contributed by atoms with Crippen LogP contribution in [0.1, 0.15) is 0 Å². The Morgan fingerprint density at radius 2 is 1.33 bits per heavy atom. The lowest BCUT2D eigenvalue weighted by Gasteiger charge is -2.22. The molecule has 0 atom stereocenters. The van der Waals surface area contributed by atoms with E-state index in [2.05, 4.69) is 0 Å². The Labute approximate surface area is 123 Å². The first-order valence-corrected chi connectivity index (χ1v) is 8.86. The van der Waals surface area contributed by atoms with Gasteiger partial charge in [0.1, 0.15) is 0 Å². The number of anilines is 1. The van der Waals surface area contributed by atoms with Gasteiger partial charge in [-0.3, -0.25) is 0 Å². The fraction of sp³-hybridized carbons (Fsp3) is 0.167. The lowest BCUT2D eigenvalue weighted by molar-refractivity contribution is 0.575. The van der Waals surface area contributed by atoms with E-state index < -0.39 is 20.4 Å². The molecule has 0 aliphatic rings. The third-order valence-corrected chi connectivity index (χ3v) is 6.40. The molecule has 0 saturated heterocycles. The number of hydrogen-bond donors (Lipinski definition) is 2. The Morgan fingerprint density at radius 1 is 0.810 bits per heavy atom. The van der Waals surface area contributed by atoms with Gasteiger partial charge in [-0.25, -0.2) is 0 Å². The maximum Gasteiger partial charge on any atom is 0.315 e. The molecule has 0 heterocycles. The maximum absolute atomic E-state index is 12.0. The largest absolute Gasteiger partial charge is 0.315 e. The first kappa shape index (κ1) is 15.7. The van der Waals surface area contributed by atoms with Crippen LogP contribution in [-0.2, 0) is 20.4 Å². The molecule has 2 aromatic rings. The monoisotopic (exact) mass is 329 g/mol. The van der Waals surface area contributed by atoms with E-state index in [-0.39, 0.29) is 5.69 Å². The lowest BCUT2D eigenvalue weighted by Crippen LogP contribution is -2.47. The minimum absolute atomic E-state index is 0.0254. The zero-order valence-corrected chi connectivity index (χ0v) is 13.1. The van der Waals surface area contributed by atoms with Crippen molar-refractivity contribution in [1.29, 1.82) is 0 Å². The van der Waals surface area contributed by atoms with Crippen molar-refractivity contribution in [3.05, 3.63) is 42.5 Å². The highest BCUT2D eigenvalue weighted by Crippen LogP contribution is 2.25. The first-order chi connectivity index (χ1) is 9.81. The third kappa shape index (κ3) is 3.00. The second-order valence-electron chi connectivity index (χ2n) is 4.15. The highest BCUT2D eigenvalue weighted by Gasteiger charge is 2.32. The Balaban J connectivity index is 2.70. The average Bonchev–Trinajstić information content (AvgIpc) is 2.46. The molecule has 0 aromatic heterocycles. The second kappa shape index (κ2) is 5.60. The third-order valence-electron chi connectivity index (χ3n) is 2.90. The number of rotatable bonds is 5. The molecule has 0 aliphatic heterocycles. The molecule has 9 heteroatoms. The molecular weight excluding hydrogens is 314 g/mol. The summed E-state index contributed by atoms with van der Waals surface area (Å²) >= 11 is 0. The minimum Gasteiger partial charge on any atom is -0.200 e. The normalized spacial score (nSPS) is 12.5. The molecular formula is C12H15N3O4S2. The fourth-order valence-electron chi connectivity index (χ4n) is 1.86. The van der Waals surface area contributed by atoms with Crippen molar-refractivity contribution in [2.45, 2.75) is 0 Å². The van der Waals surface area contributed by atoms with E-state index in [4.69, 9.17) is 0 Å². The Morgan fingerprint density at radius 3 is 1.86 bits per heavy atom. The van der Waals surface area contributed by atoms with Gasteiger partial charge in [0.15, 0.2) is 0 Å². The van der Waals surface area contributed by atoms with Gasteiger partial charge >= 0.3 is 20.4 Å². The quantitative estimate of drug-likeness (QED) is 0.838. The summed E-state index contributed by atoms with van der Waals surface area (Å²) in [4.78, 5) is 0. The summed E-state index contributed by atoms with van der Waals surface area (Å²) in [6, 6.07) is 11.8. The molecule has 7 nitrogen and oxygen atoms in total. The molecule has 0 aliphatic carbocycles. The summed E-state index contributed by atoms with van der Waals surface area (Å²) < 4.78 is 52.5. The number of fused-ring (bicyclic) bond motifs is 1. The SMILES string of the molecule is CNS(=O)(=O)N(c1ccc2ccccc2c1)S(=O)(=O)NC. The van der Waals surface area contributed by atoms with Crippen LogP contribution in [0.15, 0.2) is 42.5 Å². The van der Waals surface area contributed by atoms with Crippen molar-refractivity contribution in [2.75, 3.05) is 17.8 Å². The van der Waals surface area contributed by atoms with Crippen LogP contribution in [-0.4, -0.2) is 30.9 Å². The predicted octanol–water partition coefficient (Wildman–Crippen LogP) is 0.575. The summed E-state index contributed by atoms with van der Waals surface area (Å²) in [5.74, 6) is 0. The molecule has 0 unspecified atom stereocenters. The Bertz CT molecular complexity index is 829. The van der Waals surface area contributed by atoms with Gasteiger partial charge in [0.05, 0.1) is 5.69 Å². The minimum atomic E-state index is -4.22. The van der Waals surface area contributed by atoms with Gasteiger partial charge in [-0.15, -0.1) is 3.71 Å². The van der Waals surface area contributed by atoms with Gasteiger partial charge in [-0.05, 0) is 22.9 Å². The highest BCUT2D eigenvalue weighted by atomic mass is 32.3. The van der Waals surface area contributed by atoms with E-state index in [1.807, 2.05) is 21.6 Å². The number of nitrogens with one attached hydrogen (secondary N) is 2. The number of nitrogens with zero attached hydrogens (tertiary/aromatic N) is 1. The van der Waals surface area contributed by atoms with Crippen LogP contribution >= 0.6 is 0 Å². The second-order valence-corrected chi connectivity index (χ2v) is 7.83. The summed E-state index contributed by atoms with van der Waals surface area (Å²) in [6.45, 7) is 0. The molecule has 0 radical (unpaired) electrons. The average molecular weight is 329 g/mol. The standard InChI is InChI=1S/C12H15N3O4S2/c1-13-20(16,17)15(21(18,19)14-2)12-8-7-10-5-3-4-6-11(10)9-12/h3-9,13-14H,1-2H3. The fourth-order valence-corrected chi connectivity index (χ4v) is 4.46. The van der Waals surface area contributed by atoms with Crippen LogP contribution in [0.25, 0.3) is 10.8 Å². The first-order valence-electron chi connectivity index (χ1n) is 5.98. The lowest BCUT2D eigenvalue weighted by atomic mass is 10.1. The summed E-state index contributed by atoms with van der Waals surface area (Å²) in [6.07, 6.45) is 0. The summed E-state index contributed by atoms with van der Waals surface area (Å²) in [5, 5.41) is 1.61. The zero-order valence-electron chi connectivity index (χ0n) is 11.4. The van der Waals surface area contributed by atoms with Crippen LogP contribution in [0, 0.1) is 0 Å². The molecule has 2 aromatic carbocycles. The molecule has 0 amide bonds. The van der Waals surface area contributed by atoms with Gasteiger partial charge in [-0.1, -0.05) is 30.3 Å². The topological polar surface area (TPSA) is 95.6 Å². The molecule has 0 spiro atoms. The molecule has 0 saturated carbocycles. The number of benzene rings is 2. The predicted molar refractivity (Wildman–Crippen MR) is 82.4 cm³/mol. The molecule has 21 heavy (non-hydrogen) atoms. The van der Waals surface area contributed by atoms with Gasteiger partial charge < -0.3 is 0 Å². The molecule has 0 bridgehead atoms. The zero-order chi connectivity index (χ0) is 15.7. The van der Waals surface area contributed by atoms with Crippen molar-refractivity contribution < 1.29 is 16.8 Å². The van der Waals surface area contributed by atoms with Crippen molar-refractivity contribution in [2.24, 2.45) is 0 Å². The van der Waals surface area contributed by atoms with Gasteiger partial charge in [0.25, 0.3) is 0 Å². The van der Waals surface area contributed by atoms with Gasteiger partial charge in [-0.2, -0.15) is 26.3 Å².